The number of rotatable bonds is 8. The number of carboxylic acids is 1. The van der Waals surface area contributed by atoms with Gasteiger partial charge in [-0.2, -0.15) is 0 Å². The average molecular weight is 470 g/mol. The number of amides is 2. The van der Waals surface area contributed by atoms with Gasteiger partial charge in [-0.3, -0.25) is 19.8 Å². The molecule has 9 nitrogen and oxygen atoms in total. The third-order valence-electron chi connectivity index (χ3n) is 5.45. The molecule has 176 valence electrons. The van der Waals surface area contributed by atoms with Gasteiger partial charge in [0.25, 0.3) is 11.8 Å². The molecule has 0 fully saturated rings. The van der Waals surface area contributed by atoms with Gasteiger partial charge >= 0.3 is 5.97 Å². The molecular weight excluding hydrogens is 446 g/mol. The van der Waals surface area contributed by atoms with E-state index < -0.39 is 23.8 Å². The molecule has 2 amide bonds. The summed E-state index contributed by atoms with van der Waals surface area (Å²) in [6, 6.07) is 21.4. The SMILES string of the molecule is N=C(N)c1ccc2[nH]c(C(=O)Nc3cccc(C(=O)NC(CC(=O)O)c4ccccc4)c3)cc2c1. The molecule has 1 atom stereocenters. The number of carboxylic acid groups (broad SMARTS) is 1. The summed E-state index contributed by atoms with van der Waals surface area (Å²) in [5.41, 5.74) is 8.47. The number of hydrogen-bond donors (Lipinski definition) is 6. The zero-order chi connectivity index (χ0) is 24.9. The Morgan fingerprint density at radius 3 is 2.40 bits per heavy atom. The average Bonchev–Trinajstić information content (AvgIpc) is 3.28. The smallest absolute Gasteiger partial charge is 0.305 e. The Bertz CT molecular complexity index is 1430. The lowest BCUT2D eigenvalue weighted by atomic mass is 10.0. The molecule has 7 N–H and O–H groups in total. The van der Waals surface area contributed by atoms with Gasteiger partial charge < -0.3 is 26.5 Å². The van der Waals surface area contributed by atoms with Crippen LogP contribution in [0.5, 0.6) is 0 Å². The van der Waals surface area contributed by atoms with E-state index in [0.29, 0.717) is 22.5 Å². The van der Waals surface area contributed by atoms with Crippen molar-refractivity contribution in [2.75, 3.05) is 5.32 Å². The Hall–Kier alpha value is -4.92. The molecule has 0 aliphatic carbocycles. The molecule has 0 saturated carbocycles. The Balaban J connectivity index is 1.49. The van der Waals surface area contributed by atoms with Crippen molar-refractivity contribution in [1.29, 1.82) is 5.41 Å². The lowest BCUT2D eigenvalue weighted by Gasteiger charge is -2.18. The van der Waals surface area contributed by atoms with E-state index in [1.54, 1.807) is 66.7 Å². The molecule has 1 aromatic heterocycles. The van der Waals surface area contributed by atoms with Crippen molar-refractivity contribution in [3.8, 4) is 0 Å². The molecule has 0 spiro atoms. The van der Waals surface area contributed by atoms with Crippen LogP contribution in [0.1, 0.15) is 44.4 Å². The third-order valence-corrected chi connectivity index (χ3v) is 5.45. The van der Waals surface area contributed by atoms with Gasteiger partial charge in [0.1, 0.15) is 11.5 Å². The minimum absolute atomic E-state index is 0.0629. The van der Waals surface area contributed by atoms with Crippen molar-refractivity contribution in [2.45, 2.75) is 12.5 Å². The first-order valence-electron chi connectivity index (χ1n) is 10.8. The van der Waals surface area contributed by atoms with E-state index in [1.807, 2.05) is 6.07 Å². The van der Waals surface area contributed by atoms with E-state index in [4.69, 9.17) is 11.1 Å². The molecule has 35 heavy (non-hydrogen) atoms. The summed E-state index contributed by atoms with van der Waals surface area (Å²) in [5, 5.41) is 23.1. The van der Waals surface area contributed by atoms with Gasteiger partial charge in [-0.1, -0.05) is 36.4 Å². The van der Waals surface area contributed by atoms with Crippen molar-refractivity contribution in [1.82, 2.24) is 10.3 Å². The highest BCUT2D eigenvalue weighted by Crippen LogP contribution is 2.20. The molecule has 1 heterocycles. The maximum atomic E-state index is 12.9. The minimum Gasteiger partial charge on any atom is -0.481 e. The fraction of sp³-hybridized carbons (Fsp3) is 0.0769. The molecule has 0 aliphatic rings. The number of benzene rings is 3. The highest BCUT2D eigenvalue weighted by atomic mass is 16.4. The lowest BCUT2D eigenvalue weighted by Crippen LogP contribution is -2.30. The number of aromatic amines is 1. The summed E-state index contributed by atoms with van der Waals surface area (Å²) < 4.78 is 0. The quantitative estimate of drug-likeness (QED) is 0.171. The maximum Gasteiger partial charge on any atom is 0.305 e. The molecule has 0 bridgehead atoms. The number of nitrogens with two attached hydrogens (primary N) is 1. The fourth-order valence-corrected chi connectivity index (χ4v) is 3.71. The molecule has 0 radical (unpaired) electrons. The van der Waals surface area contributed by atoms with Gasteiger partial charge in [0, 0.05) is 27.7 Å². The van der Waals surface area contributed by atoms with Gasteiger partial charge in [0.15, 0.2) is 0 Å². The summed E-state index contributed by atoms with van der Waals surface area (Å²) in [5.74, 6) is -1.96. The molecule has 9 heteroatoms. The van der Waals surface area contributed by atoms with E-state index in [2.05, 4.69) is 15.6 Å². The van der Waals surface area contributed by atoms with Crippen LogP contribution in [0.4, 0.5) is 5.69 Å². The third kappa shape index (κ3) is 5.53. The van der Waals surface area contributed by atoms with E-state index in [0.717, 1.165) is 10.9 Å². The van der Waals surface area contributed by atoms with E-state index in [9.17, 15) is 19.5 Å². The van der Waals surface area contributed by atoms with Crippen LogP contribution in [-0.2, 0) is 4.79 Å². The zero-order valence-electron chi connectivity index (χ0n) is 18.5. The van der Waals surface area contributed by atoms with Crippen molar-refractivity contribution >= 4 is 40.2 Å². The molecular formula is C26H23N5O4. The van der Waals surface area contributed by atoms with Crippen LogP contribution in [-0.4, -0.2) is 33.7 Å². The minimum atomic E-state index is -1.03. The van der Waals surface area contributed by atoms with Gasteiger partial charge in [0.2, 0.25) is 0 Å². The molecule has 3 aromatic carbocycles. The van der Waals surface area contributed by atoms with Crippen molar-refractivity contribution in [3.05, 3.63) is 101 Å². The number of H-pyrrole nitrogens is 1. The van der Waals surface area contributed by atoms with Gasteiger partial charge in [-0.25, -0.2) is 0 Å². The Morgan fingerprint density at radius 2 is 1.69 bits per heavy atom. The first-order chi connectivity index (χ1) is 16.8. The second kappa shape index (κ2) is 9.92. The van der Waals surface area contributed by atoms with Crippen LogP contribution >= 0.6 is 0 Å². The predicted octanol–water partition coefficient (Wildman–Crippen LogP) is 3.65. The number of fused-ring (bicyclic) bond motifs is 1. The normalized spacial score (nSPS) is 11.5. The molecule has 0 aliphatic heterocycles. The van der Waals surface area contributed by atoms with Crippen LogP contribution in [0, 0.1) is 5.41 Å². The van der Waals surface area contributed by atoms with Gasteiger partial charge in [0.05, 0.1) is 12.5 Å². The highest BCUT2D eigenvalue weighted by Gasteiger charge is 2.19. The number of aromatic nitrogens is 1. The maximum absolute atomic E-state index is 12.9. The number of carbonyl (C=O) groups excluding carboxylic acids is 2. The second-order valence-corrected chi connectivity index (χ2v) is 7.97. The summed E-state index contributed by atoms with van der Waals surface area (Å²) in [7, 11) is 0. The summed E-state index contributed by atoms with van der Waals surface area (Å²) >= 11 is 0. The monoisotopic (exact) mass is 469 g/mol. The molecule has 4 rings (SSSR count). The number of aliphatic carboxylic acids is 1. The van der Waals surface area contributed by atoms with Crippen LogP contribution in [0.25, 0.3) is 10.9 Å². The number of carbonyl (C=O) groups is 3. The van der Waals surface area contributed by atoms with Crippen molar-refractivity contribution < 1.29 is 19.5 Å². The second-order valence-electron chi connectivity index (χ2n) is 7.97. The van der Waals surface area contributed by atoms with Gasteiger partial charge in [-0.05, 0) is 48.0 Å². The number of anilines is 1. The van der Waals surface area contributed by atoms with Crippen LogP contribution in [0.3, 0.4) is 0 Å². The first kappa shape index (κ1) is 23.2. The van der Waals surface area contributed by atoms with E-state index in [1.165, 1.54) is 6.07 Å². The number of amidine groups is 1. The number of nitrogen functional groups attached to an aromatic ring is 1. The highest BCUT2D eigenvalue weighted by molar-refractivity contribution is 6.07. The fourth-order valence-electron chi connectivity index (χ4n) is 3.71. The lowest BCUT2D eigenvalue weighted by molar-refractivity contribution is -0.137. The van der Waals surface area contributed by atoms with Gasteiger partial charge in [-0.15, -0.1) is 0 Å². The van der Waals surface area contributed by atoms with Crippen molar-refractivity contribution in [3.63, 3.8) is 0 Å². The predicted molar refractivity (Wildman–Crippen MR) is 133 cm³/mol. The van der Waals surface area contributed by atoms with Crippen LogP contribution < -0.4 is 16.4 Å². The summed E-state index contributed by atoms with van der Waals surface area (Å²) in [6.07, 6.45) is -0.266. The number of hydrogen-bond acceptors (Lipinski definition) is 4. The Morgan fingerprint density at radius 1 is 0.914 bits per heavy atom. The first-order valence-corrected chi connectivity index (χ1v) is 10.8. The van der Waals surface area contributed by atoms with E-state index >= 15 is 0 Å². The van der Waals surface area contributed by atoms with Crippen LogP contribution in [0.15, 0.2) is 78.9 Å². The summed E-state index contributed by atoms with van der Waals surface area (Å²) in [6.45, 7) is 0. The molecule has 4 aromatic rings. The molecule has 1 unspecified atom stereocenters. The van der Waals surface area contributed by atoms with Crippen LogP contribution in [0.2, 0.25) is 0 Å². The summed E-state index contributed by atoms with van der Waals surface area (Å²) in [4.78, 5) is 40.0. The van der Waals surface area contributed by atoms with E-state index in [-0.39, 0.29) is 17.8 Å². The Labute approximate surface area is 200 Å². The molecule has 0 saturated heterocycles. The topological polar surface area (TPSA) is 161 Å². The Kier molecular flexibility index (Phi) is 6.59. The standard InChI is InChI=1S/C26H23N5O4/c27-24(28)16-9-10-20-18(11-16)13-22(30-20)26(35)29-19-8-4-7-17(12-19)25(34)31-21(14-23(32)33)15-5-2-1-3-6-15/h1-13,21,30H,14H2,(H3,27,28)(H,29,35)(H,31,34)(H,32,33). The largest absolute Gasteiger partial charge is 0.481 e. The number of nitrogens with one attached hydrogen (secondary N) is 4. The zero-order valence-corrected chi connectivity index (χ0v) is 18.5. The van der Waals surface area contributed by atoms with Crippen molar-refractivity contribution in [2.24, 2.45) is 5.73 Å².